The molecule has 0 bridgehead atoms. The second-order valence-electron chi connectivity index (χ2n) is 3.29. The number of pyridine rings is 1. The second kappa shape index (κ2) is 4.91. The molecule has 0 aliphatic rings. The third kappa shape index (κ3) is 2.45. The Morgan fingerprint density at radius 3 is 2.06 bits per heavy atom. The predicted octanol–water partition coefficient (Wildman–Crippen LogP) is 4.66. The number of rotatable bonds is 1. The maximum Gasteiger partial charge on any atom is 0.208 e. The van der Waals surface area contributed by atoms with Gasteiger partial charge in [-0.3, -0.25) is 4.79 Å². The highest BCUT2D eigenvalue weighted by Crippen LogP contribution is 2.35. The van der Waals surface area contributed by atoms with Gasteiger partial charge in [0, 0.05) is 28.5 Å². The van der Waals surface area contributed by atoms with Gasteiger partial charge in [-0.15, -0.1) is 0 Å². The zero-order valence-corrected chi connectivity index (χ0v) is 11.3. The summed E-state index contributed by atoms with van der Waals surface area (Å²) in [6.45, 7) is 0. The molecule has 0 aliphatic heterocycles. The van der Waals surface area contributed by atoms with Gasteiger partial charge in [0.05, 0.1) is 10.0 Å². The zero-order chi connectivity index (χ0) is 12.6. The van der Waals surface area contributed by atoms with E-state index in [0.29, 0.717) is 26.2 Å². The molecule has 1 N–H and O–H groups in total. The van der Waals surface area contributed by atoms with Crippen molar-refractivity contribution in [1.29, 1.82) is 0 Å². The summed E-state index contributed by atoms with van der Waals surface area (Å²) in [4.78, 5) is 14.6. The van der Waals surface area contributed by atoms with Gasteiger partial charge in [-0.2, -0.15) is 0 Å². The molecule has 17 heavy (non-hydrogen) atoms. The van der Waals surface area contributed by atoms with Gasteiger partial charge < -0.3 is 4.98 Å². The quantitative estimate of drug-likeness (QED) is 0.817. The van der Waals surface area contributed by atoms with Crippen LogP contribution in [0.25, 0.3) is 11.1 Å². The van der Waals surface area contributed by atoms with Crippen LogP contribution in [-0.2, 0) is 0 Å². The number of H-pyrrole nitrogens is 1. The summed E-state index contributed by atoms with van der Waals surface area (Å²) in [6, 6.07) is 3.04. The minimum Gasteiger partial charge on any atom is -0.366 e. The van der Waals surface area contributed by atoms with Gasteiger partial charge in [0.25, 0.3) is 0 Å². The van der Waals surface area contributed by atoms with Crippen molar-refractivity contribution in [3.8, 4) is 11.1 Å². The van der Waals surface area contributed by atoms with E-state index >= 15 is 0 Å². The van der Waals surface area contributed by atoms with Crippen LogP contribution < -0.4 is 5.43 Å². The van der Waals surface area contributed by atoms with E-state index in [1.165, 1.54) is 24.5 Å². The summed E-state index contributed by atoms with van der Waals surface area (Å²) in [5.74, 6) is 0. The van der Waals surface area contributed by atoms with Crippen molar-refractivity contribution >= 4 is 46.4 Å². The first-order valence-electron chi connectivity index (χ1n) is 4.52. The summed E-state index contributed by atoms with van der Waals surface area (Å²) < 4.78 is 0. The largest absolute Gasteiger partial charge is 0.366 e. The van der Waals surface area contributed by atoms with E-state index in [4.69, 9.17) is 46.4 Å². The maximum atomic E-state index is 11.9. The van der Waals surface area contributed by atoms with Crippen LogP contribution in [0.3, 0.4) is 0 Å². The number of aromatic nitrogens is 1. The molecule has 1 aromatic heterocycles. The minimum absolute atomic E-state index is 0.0737. The summed E-state index contributed by atoms with van der Waals surface area (Å²) in [6.07, 6.45) is 2.89. The molecular weight excluding hydrogens is 304 g/mol. The van der Waals surface area contributed by atoms with Crippen LogP contribution >= 0.6 is 46.4 Å². The summed E-state index contributed by atoms with van der Waals surface area (Å²) in [5, 5.41) is 1.08. The highest BCUT2D eigenvalue weighted by Gasteiger charge is 2.14. The van der Waals surface area contributed by atoms with Crippen LogP contribution in [0.15, 0.2) is 29.3 Å². The molecule has 0 saturated heterocycles. The van der Waals surface area contributed by atoms with Gasteiger partial charge in [0.2, 0.25) is 5.43 Å². The first-order chi connectivity index (χ1) is 8.00. The van der Waals surface area contributed by atoms with E-state index in [1.807, 2.05) is 0 Å². The molecule has 88 valence electrons. The van der Waals surface area contributed by atoms with E-state index in [0.717, 1.165) is 0 Å². The molecule has 2 aromatic rings. The zero-order valence-electron chi connectivity index (χ0n) is 8.23. The van der Waals surface area contributed by atoms with Crippen molar-refractivity contribution in [1.82, 2.24) is 4.98 Å². The standard InChI is InChI=1S/C11H5Cl4NO/c12-5-1-7(13)10(8(14)2-5)6-3-16-4-9(15)11(6)17/h1-4H,(H,16,17). The SMILES string of the molecule is O=c1c(Cl)c[nH]cc1-c1c(Cl)cc(Cl)cc1Cl. The first-order valence-corrected chi connectivity index (χ1v) is 6.03. The van der Waals surface area contributed by atoms with Crippen molar-refractivity contribution in [3.05, 3.63) is 54.8 Å². The fourth-order valence-electron chi connectivity index (χ4n) is 1.44. The summed E-state index contributed by atoms with van der Waals surface area (Å²) in [5.41, 5.74) is 0.391. The number of aromatic amines is 1. The van der Waals surface area contributed by atoms with Crippen molar-refractivity contribution in [2.24, 2.45) is 0 Å². The fourth-order valence-corrected chi connectivity index (χ4v) is 2.63. The Hall–Kier alpha value is -0.670. The molecule has 0 aliphatic carbocycles. The fraction of sp³-hybridized carbons (Fsp3) is 0. The molecule has 2 nitrogen and oxygen atoms in total. The Balaban J connectivity index is 2.78. The van der Waals surface area contributed by atoms with E-state index in [1.54, 1.807) is 0 Å². The highest BCUT2D eigenvalue weighted by molar-refractivity contribution is 6.42. The number of benzene rings is 1. The van der Waals surface area contributed by atoms with E-state index in [9.17, 15) is 4.79 Å². The summed E-state index contributed by atoms with van der Waals surface area (Å²) in [7, 11) is 0. The van der Waals surface area contributed by atoms with Crippen LogP contribution in [0.1, 0.15) is 0 Å². The number of halogens is 4. The van der Waals surface area contributed by atoms with E-state index in [-0.39, 0.29) is 10.5 Å². The lowest BCUT2D eigenvalue weighted by Gasteiger charge is -2.07. The molecule has 0 atom stereocenters. The van der Waals surface area contributed by atoms with Crippen molar-refractivity contribution in [3.63, 3.8) is 0 Å². The van der Waals surface area contributed by atoms with E-state index < -0.39 is 0 Å². The second-order valence-corrected chi connectivity index (χ2v) is 4.95. The molecule has 0 amide bonds. The Kier molecular flexibility index (Phi) is 3.69. The molecule has 1 heterocycles. The lowest BCUT2D eigenvalue weighted by atomic mass is 10.1. The van der Waals surface area contributed by atoms with Crippen LogP contribution in [0.2, 0.25) is 20.1 Å². The van der Waals surface area contributed by atoms with E-state index in [2.05, 4.69) is 4.98 Å². The first kappa shape index (κ1) is 12.8. The Morgan fingerprint density at radius 2 is 1.47 bits per heavy atom. The number of hydrogen-bond acceptors (Lipinski definition) is 1. The average Bonchev–Trinajstić information content (AvgIpc) is 2.23. The smallest absolute Gasteiger partial charge is 0.208 e. The monoisotopic (exact) mass is 307 g/mol. The van der Waals surface area contributed by atoms with Gasteiger partial charge in [-0.1, -0.05) is 46.4 Å². The number of hydrogen-bond donors (Lipinski definition) is 1. The van der Waals surface area contributed by atoms with Crippen molar-refractivity contribution < 1.29 is 0 Å². The summed E-state index contributed by atoms with van der Waals surface area (Å²) >= 11 is 23.6. The van der Waals surface area contributed by atoms with Crippen LogP contribution in [0.4, 0.5) is 0 Å². The van der Waals surface area contributed by atoms with Gasteiger partial charge in [0.15, 0.2) is 0 Å². The lowest BCUT2D eigenvalue weighted by Crippen LogP contribution is -2.06. The molecule has 0 saturated carbocycles. The normalized spacial score (nSPS) is 10.6. The Morgan fingerprint density at radius 1 is 0.882 bits per heavy atom. The third-order valence-electron chi connectivity index (χ3n) is 2.18. The molecule has 0 spiro atoms. The molecule has 1 aromatic carbocycles. The van der Waals surface area contributed by atoms with Crippen LogP contribution in [0.5, 0.6) is 0 Å². The van der Waals surface area contributed by atoms with Gasteiger partial charge in [0.1, 0.15) is 5.02 Å². The van der Waals surface area contributed by atoms with Gasteiger partial charge >= 0.3 is 0 Å². The number of nitrogens with one attached hydrogen (secondary N) is 1. The van der Waals surface area contributed by atoms with Crippen LogP contribution in [-0.4, -0.2) is 4.98 Å². The molecule has 0 fully saturated rings. The molecule has 2 rings (SSSR count). The molecular formula is C11H5Cl4NO. The topological polar surface area (TPSA) is 32.9 Å². The van der Waals surface area contributed by atoms with Gasteiger partial charge in [-0.05, 0) is 12.1 Å². The molecule has 6 heteroatoms. The van der Waals surface area contributed by atoms with Crippen molar-refractivity contribution in [2.45, 2.75) is 0 Å². The highest BCUT2D eigenvalue weighted by atomic mass is 35.5. The Bertz CT molecular complexity index is 613. The molecule has 0 radical (unpaired) electrons. The third-order valence-corrected chi connectivity index (χ3v) is 3.27. The average molecular weight is 309 g/mol. The minimum atomic E-state index is -0.337. The van der Waals surface area contributed by atoms with Crippen LogP contribution in [0, 0.1) is 0 Å². The maximum absolute atomic E-state index is 11.9. The Labute approximate surface area is 117 Å². The van der Waals surface area contributed by atoms with Gasteiger partial charge in [-0.25, -0.2) is 0 Å². The predicted molar refractivity (Wildman–Crippen MR) is 72.5 cm³/mol. The lowest BCUT2D eigenvalue weighted by molar-refractivity contribution is 1.30. The van der Waals surface area contributed by atoms with Crippen molar-refractivity contribution in [2.75, 3.05) is 0 Å². The molecule has 0 unspecified atom stereocenters.